The zero-order valence-corrected chi connectivity index (χ0v) is 15.3. The van der Waals surface area contributed by atoms with Gasteiger partial charge in [-0.1, -0.05) is 0 Å². The van der Waals surface area contributed by atoms with Gasteiger partial charge in [0.25, 0.3) is 5.91 Å². The van der Waals surface area contributed by atoms with E-state index >= 15 is 0 Å². The maximum atomic E-state index is 12.3. The van der Waals surface area contributed by atoms with Crippen LogP contribution in [-0.2, 0) is 28.6 Å². The number of hydrogen-bond acceptors (Lipinski definition) is 8. The highest BCUT2D eigenvalue weighted by Gasteiger charge is 2.33. The zero-order chi connectivity index (χ0) is 19.6. The smallest absolute Gasteiger partial charge is 0.355 e. The third-order valence-corrected chi connectivity index (χ3v) is 4.35. The quantitative estimate of drug-likeness (QED) is 0.713. The number of methoxy groups -OCH3 is 2. The lowest BCUT2D eigenvalue weighted by molar-refractivity contribution is -0.140. The summed E-state index contributed by atoms with van der Waals surface area (Å²) in [5.41, 5.74) is 1.32. The van der Waals surface area contributed by atoms with Crippen LogP contribution in [0.3, 0.4) is 0 Å². The lowest BCUT2D eigenvalue weighted by Gasteiger charge is -2.33. The molecule has 1 aromatic carbocycles. The van der Waals surface area contributed by atoms with Crippen LogP contribution in [0.2, 0.25) is 0 Å². The lowest BCUT2D eigenvalue weighted by atomic mass is 10.1. The summed E-state index contributed by atoms with van der Waals surface area (Å²) in [7, 11) is 2.46. The van der Waals surface area contributed by atoms with Gasteiger partial charge in [0.05, 0.1) is 32.1 Å². The highest BCUT2D eigenvalue weighted by atomic mass is 16.5. The Morgan fingerprint density at radius 2 is 1.89 bits per heavy atom. The molecular formula is C18H20N2O7. The summed E-state index contributed by atoms with van der Waals surface area (Å²) in [5.74, 6) is -0.967. The molecule has 0 unspecified atom stereocenters. The van der Waals surface area contributed by atoms with Crippen molar-refractivity contribution < 1.29 is 33.3 Å². The van der Waals surface area contributed by atoms with Crippen LogP contribution >= 0.6 is 0 Å². The van der Waals surface area contributed by atoms with E-state index in [1.807, 2.05) is 6.92 Å². The van der Waals surface area contributed by atoms with Crippen LogP contribution in [0.1, 0.15) is 6.92 Å². The van der Waals surface area contributed by atoms with E-state index in [1.165, 1.54) is 19.1 Å². The van der Waals surface area contributed by atoms with Crippen LogP contribution < -0.4 is 14.5 Å². The van der Waals surface area contributed by atoms with Crippen LogP contribution in [0.25, 0.3) is 0 Å². The Kier molecular flexibility index (Phi) is 5.31. The van der Waals surface area contributed by atoms with Crippen molar-refractivity contribution in [3.05, 3.63) is 29.5 Å². The molecule has 3 rings (SSSR count). The van der Waals surface area contributed by atoms with Gasteiger partial charge in [-0.3, -0.25) is 4.79 Å². The first-order valence-corrected chi connectivity index (χ1v) is 8.34. The molecule has 144 valence electrons. The molecule has 1 amide bonds. The maximum Gasteiger partial charge on any atom is 0.355 e. The standard InChI is InChI=1S/C18H20N2O7/c1-4-19-13-6-5-11(7-14(13)27-9-15(19)21)20-10-26-8-12(17(22)24-2)16(20)18(23)25-3/h5-7H,4,8-10H2,1-3H3. The molecule has 0 aromatic heterocycles. The van der Waals surface area contributed by atoms with E-state index in [2.05, 4.69) is 0 Å². The van der Waals surface area contributed by atoms with Gasteiger partial charge in [-0.25, -0.2) is 9.59 Å². The Morgan fingerprint density at radius 1 is 1.15 bits per heavy atom. The van der Waals surface area contributed by atoms with Crippen LogP contribution in [0.15, 0.2) is 29.5 Å². The topological polar surface area (TPSA) is 94.6 Å². The second-order valence-corrected chi connectivity index (χ2v) is 5.79. The third-order valence-electron chi connectivity index (χ3n) is 4.35. The number of esters is 2. The van der Waals surface area contributed by atoms with Crippen molar-refractivity contribution in [2.24, 2.45) is 0 Å². The van der Waals surface area contributed by atoms with Crippen LogP contribution in [-0.4, -0.2) is 58.6 Å². The molecule has 1 aromatic rings. The highest BCUT2D eigenvalue weighted by Crippen LogP contribution is 2.37. The molecule has 0 spiro atoms. The summed E-state index contributed by atoms with van der Waals surface area (Å²) in [5, 5.41) is 0. The molecule has 0 saturated heterocycles. The van der Waals surface area contributed by atoms with E-state index < -0.39 is 11.9 Å². The first-order chi connectivity index (χ1) is 13.0. The summed E-state index contributed by atoms with van der Waals surface area (Å²) < 4.78 is 20.6. The normalized spacial score (nSPS) is 16.6. The molecule has 27 heavy (non-hydrogen) atoms. The molecule has 0 aliphatic carbocycles. The Labute approximate surface area is 156 Å². The fourth-order valence-corrected chi connectivity index (χ4v) is 3.06. The van der Waals surface area contributed by atoms with Gasteiger partial charge in [-0.05, 0) is 19.1 Å². The Balaban J connectivity index is 2.05. The minimum absolute atomic E-state index is 0.0418. The fourth-order valence-electron chi connectivity index (χ4n) is 3.06. The Hall–Kier alpha value is -3.07. The van der Waals surface area contributed by atoms with Crippen molar-refractivity contribution in [1.82, 2.24) is 0 Å². The summed E-state index contributed by atoms with van der Waals surface area (Å²) in [6.45, 7) is 2.31. The summed E-state index contributed by atoms with van der Waals surface area (Å²) in [6, 6.07) is 5.14. The average molecular weight is 376 g/mol. The van der Waals surface area contributed by atoms with Crippen molar-refractivity contribution in [3.8, 4) is 5.75 Å². The minimum atomic E-state index is -0.678. The number of ether oxygens (including phenoxy) is 4. The molecule has 0 bridgehead atoms. The SMILES string of the molecule is CCN1C(=O)COc2cc(N3COCC(C(=O)OC)=C3C(=O)OC)ccc21. The monoisotopic (exact) mass is 376 g/mol. The van der Waals surface area contributed by atoms with Gasteiger partial charge in [0, 0.05) is 18.3 Å². The fraction of sp³-hybridized carbons (Fsp3) is 0.389. The maximum absolute atomic E-state index is 12.3. The first kappa shape index (κ1) is 18.7. The molecule has 9 nitrogen and oxygen atoms in total. The second kappa shape index (κ2) is 7.67. The van der Waals surface area contributed by atoms with Crippen molar-refractivity contribution in [2.75, 3.05) is 50.5 Å². The summed E-state index contributed by atoms with van der Waals surface area (Å²) in [4.78, 5) is 39.5. The Morgan fingerprint density at radius 3 is 2.56 bits per heavy atom. The van der Waals surface area contributed by atoms with Crippen LogP contribution in [0.4, 0.5) is 11.4 Å². The molecule has 2 heterocycles. The van der Waals surface area contributed by atoms with Crippen LogP contribution in [0.5, 0.6) is 5.75 Å². The molecule has 0 atom stereocenters. The van der Waals surface area contributed by atoms with E-state index in [0.717, 1.165) is 0 Å². The predicted octanol–water partition coefficient (Wildman–Crippen LogP) is 0.826. The van der Waals surface area contributed by atoms with Gasteiger partial charge in [0.2, 0.25) is 0 Å². The Bertz CT molecular complexity index is 818. The number of benzene rings is 1. The van der Waals surface area contributed by atoms with Gasteiger partial charge < -0.3 is 28.7 Å². The first-order valence-electron chi connectivity index (χ1n) is 8.34. The number of carbonyl (C=O) groups is 3. The number of fused-ring (bicyclic) bond motifs is 1. The molecule has 0 saturated carbocycles. The number of nitrogens with zero attached hydrogens (tertiary/aromatic N) is 2. The molecular weight excluding hydrogens is 356 g/mol. The second-order valence-electron chi connectivity index (χ2n) is 5.79. The van der Waals surface area contributed by atoms with Crippen molar-refractivity contribution in [1.29, 1.82) is 0 Å². The van der Waals surface area contributed by atoms with Gasteiger partial charge in [0.1, 0.15) is 18.2 Å². The number of hydrogen-bond donors (Lipinski definition) is 0. The van der Waals surface area contributed by atoms with Gasteiger partial charge >= 0.3 is 11.9 Å². The lowest BCUT2D eigenvalue weighted by Crippen LogP contribution is -2.40. The highest BCUT2D eigenvalue weighted by molar-refractivity contribution is 6.04. The number of likely N-dealkylation sites (N-methyl/N-ethyl adjacent to an activating group) is 1. The number of amides is 1. The molecule has 0 radical (unpaired) electrons. The largest absolute Gasteiger partial charge is 0.481 e. The van der Waals surface area contributed by atoms with E-state index in [0.29, 0.717) is 23.7 Å². The van der Waals surface area contributed by atoms with Crippen molar-refractivity contribution >= 4 is 29.2 Å². The summed E-state index contributed by atoms with van der Waals surface area (Å²) >= 11 is 0. The van der Waals surface area contributed by atoms with E-state index in [9.17, 15) is 14.4 Å². The van der Waals surface area contributed by atoms with E-state index in [4.69, 9.17) is 18.9 Å². The van der Waals surface area contributed by atoms with Gasteiger partial charge in [-0.2, -0.15) is 0 Å². The molecule has 2 aliphatic rings. The average Bonchev–Trinajstić information content (AvgIpc) is 2.71. The van der Waals surface area contributed by atoms with Gasteiger partial charge in [-0.15, -0.1) is 0 Å². The van der Waals surface area contributed by atoms with E-state index in [-0.39, 0.29) is 37.1 Å². The summed E-state index contributed by atoms with van der Waals surface area (Å²) in [6.07, 6.45) is 0. The minimum Gasteiger partial charge on any atom is -0.481 e. The predicted molar refractivity (Wildman–Crippen MR) is 94.3 cm³/mol. The number of carbonyl (C=O) groups excluding carboxylic acids is 3. The third kappa shape index (κ3) is 3.33. The zero-order valence-electron chi connectivity index (χ0n) is 15.3. The van der Waals surface area contributed by atoms with Crippen molar-refractivity contribution in [2.45, 2.75) is 6.92 Å². The number of anilines is 2. The molecule has 0 N–H and O–H groups in total. The van der Waals surface area contributed by atoms with Crippen LogP contribution in [0, 0.1) is 0 Å². The molecule has 0 fully saturated rings. The van der Waals surface area contributed by atoms with E-state index in [1.54, 1.807) is 23.1 Å². The van der Waals surface area contributed by atoms with Gasteiger partial charge in [0.15, 0.2) is 6.61 Å². The van der Waals surface area contributed by atoms with Crippen molar-refractivity contribution in [3.63, 3.8) is 0 Å². The number of rotatable bonds is 4. The molecule has 2 aliphatic heterocycles. The molecule has 9 heteroatoms.